The summed E-state index contributed by atoms with van der Waals surface area (Å²) in [5, 5.41) is 0. The summed E-state index contributed by atoms with van der Waals surface area (Å²) < 4.78 is 29.6. The lowest BCUT2D eigenvalue weighted by Crippen LogP contribution is -2.10. The maximum absolute atomic E-state index is 14.1. The van der Waals surface area contributed by atoms with Gasteiger partial charge in [-0.15, -0.1) is 0 Å². The fourth-order valence-electron chi connectivity index (χ4n) is 2.43. The molecule has 0 radical (unpaired) electrons. The zero-order valence-electron chi connectivity index (χ0n) is 11.8. The van der Waals surface area contributed by atoms with Gasteiger partial charge in [-0.05, 0) is 37.5 Å². The Kier molecular flexibility index (Phi) is 4.95. The Bertz CT molecular complexity index is 481. The third-order valence-corrected chi connectivity index (χ3v) is 3.29. The molecule has 2 rings (SSSR count). The molecule has 1 aromatic carbocycles. The first kappa shape index (κ1) is 14.8. The SMILES string of the molecule is CCOC(=O)Cc1cc([C@H]2CCCO2)cc(F)c1OC. The lowest BCUT2D eigenvalue weighted by atomic mass is 10.0. The maximum Gasteiger partial charge on any atom is 0.310 e. The molecule has 1 fully saturated rings. The molecule has 0 aliphatic carbocycles. The van der Waals surface area contributed by atoms with E-state index in [0.717, 1.165) is 18.4 Å². The molecule has 0 spiro atoms. The van der Waals surface area contributed by atoms with Gasteiger partial charge in [0, 0.05) is 12.2 Å². The lowest BCUT2D eigenvalue weighted by molar-refractivity contribution is -0.142. The number of rotatable bonds is 5. The van der Waals surface area contributed by atoms with Crippen molar-refractivity contribution in [2.45, 2.75) is 32.3 Å². The first-order chi connectivity index (χ1) is 9.65. The van der Waals surface area contributed by atoms with Crippen LogP contribution in [0, 0.1) is 5.82 Å². The Morgan fingerprint density at radius 3 is 2.90 bits per heavy atom. The number of halogens is 1. The normalized spacial score (nSPS) is 18.1. The second-order valence-electron chi connectivity index (χ2n) is 4.68. The van der Waals surface area contributed by atoms with E-state index in [2.05, 4.69) is 0 Å². The monoisotopic (exact) mass is 282 g/mol. The number of esters is 1. The summed E-state index contributed by atoms with van der Waals surface area (Å²) in [6, 6.07) is 3.19. The van der Waals surface area contributed by atoms with E-state index in [1.165, 1.54) is 13.2 Å². The summed E-state index contributed by atoms with van der Waals surface area (Å²) >= 11 is 0. The molecule has 110 valence electrons. The van der Waals surface area contributed by atoms with Gasteiger partial charge in [0.1, 0.15) is 0 Å². The molecule has 1 saturated heterocycles. The molecule has 1 aliphatic heterocycles. The Labute approximate surface area is 117 Å². The smallest absolute Gasteiger partial charge is 0.310 e. The van der Waals surface area contributed by atoms with Gasteiger partial charge in [0.05, 0.1) is 26.2 Å². The quantitative estimate of drug-likeness (QED) is 0.779. The van der Waals surface area contributed by atoms with E-state index in [0.29, 0.717) is 18.8 Å². The number of carbonyl (C=O) groups excluding carboxylic acids is 1. The highest BCUT2D eigenvalue weighted by Crippen LogP contribution is 2.33. The van der Waals surface area contributed by atoms with Crippen LogP contribution in [0.15, 0.2) is 12.1 Å². The van der Waals surface area contributed by atoms with Gasteiger partial charge in [-0.2, -0.15) is 0 Å². The van der Waals surface area contributed by atoms with E-state index in [1.54, 1.807) is 13.0 Å². The molecular weight excluding hydrogens is 263 g/mol. The zero-order valence-corrected chi connectivity index (χ0v) is 11.8. The number of carbonyl (C=O) groups is 1. The minimum Gasteiger partial charge on any atom is -0.493 e. The van der Waals surface area contributed by atoms with Crippen molar-refractivity contribution in [1.82, 2.24) is 0 Å². The van der Waals surface area contributed by atoms with Gasteiger partial charge in [-0.25, -0.2) is 4.39 Å². The van der Waals surface area contributed by atoms with E-state index in [1.807, 2.05) is 0 Å². The second kappa shape index (κ2) is 6.70. The molecule has 1 aliphatic rings. The van der Waals surface area contributed by atoms with Crippen LogP contribution in [0.25, 0.3) is 0 Å². The highest BCUT2D eigenvalue weighted by molar-refractivity contribution is 5.73. The number of benzene rings is 1. The minimum absolute atomic E-state index is 0.00546. The molecule has 0 aromatic heterocycles. The van der Waals surface area contributed by atoms with E-state index in [-0.39, 0.29) is 18.3 Å². The van der Waals surface area contributed by atoms with Gasteiger partial charge < -0.3 is 14.2 Å². The van der Waals surface area contributed by atoms with Gasteiger partial charge in [0.2, 0.25) is 0 Å². The molecule has 1 atom stereocenters. The summed E-state index contributed by atoms with van der Waals surface area (Å²) in [6.07, 6.45) is 1.72. The van der Waals surface area contributed by atoms with E-state index in [9.17, 15) is 9.18 Å². The fourth-order valence-corrected chi connectivity index (χ4v) is 2.43. The predicted molar refractivity (Wildman–Crippen MR) is 71.2 cm³/mol. The van der Waals surface area contributed by atoms with E-state index in [4.69, 9.17) is 14.2 Å². The van der Waals surface area contributed by atoms with Gasteiger partial charge in [0.25, 0.3) is 0 Å². The molecule has 20 heavy (non-hydrogen) atoms. The van der Waals surface area contributed by atoms with Crippen LogP contribution in [0.1, 0.15) is 37.0 Å². The third-order valence-electron chi connectivity index (χ3n) is 3.29. The van der Waals surface area contributed by atoms with Gasteiger partial charge in [-0.3, -0.25) is 4.79 Å². The molecule has 0 saturated carbocycles. The molecular formula is C15H19FO4. The highest BCUT2D eigenvalue weighted by Gasteiger charge is 2.22. The number of methoxy groups -OCH3 is 1. The topological polar surface area (TPSA) is 44.8 Å². The van der Waals surface area contributed by atoms with Crippen molar-refractivity contribution in [1.29, 1.82) is 0 Å². The summed E-state index contributed by atoms with van der Waals surface area (Å²) in [5.74, 6) is -0.769. The Morgan fingerprint density at radius 1 is 1.50 bits per heavy atom. The highest BCUT2D eigenvalue weighted by atomic mass is 19.1. The van der Waals surface area contributed by atoms with Crippen molar-refractivity contribution in [3.05, 3.63) is 29.1 Å². The minimum atomic E-state index is -0.472. The van der Waals surface area contributed by atoms with Crippen molar-refractivity contribution in [3.8, 4) is 5.75 Å². The molecule has 0 unspecified atom stereocenters. The Hall–Kier alpha value is -1.62. The van der Waals surface area contributed by atoms with E-state index >= 15 is 0 Å². The predicted octanol–water partition coefficient (Wildman–Crippen LogP) is 2.79. The molecule has 5 heteroatoms. The molecule has 1 aromatic rings. The van der Waals surface area contributed by atoms with Crippen molar-refractivity contribution >= 4 is 5.97 Å². The van der Waals surface area contributed by atoms with Crippen LogP contribution in [0.4, 0.5) is 4.39 Å². The second-order valence-corrected chi connectivity index (χ2v) is 4.68. The van der Waals surface area contributed by atoms with Crippen molar-refractivity contribution < 1.29 is 23.4 Å². The van der Waals surface area contributed by atoms with Crippen molar-refractivity contribution in [3.63, 3.8) is 0 Å². The summed E-state index contributed by atoms with van der Waals surface area (Å²) in [5.41, 5.74) is 1.25. The van der Waals surface area contributed by atoms with Crippen LogP contribution in [0.5, 0.6) is 5.75 Å². The average molecular weight is 282 g/mol. The molecule has 1 heterocycles. The maximum atomic E-state index is 14.1. The van der Waals surface area contributed by atoms with Crippen molar-refractivity contribution in [2.24, 2.45) is 0 Å². The number of hydrogen-bond donors (Lipinski definition) is 0. The van der Waals surface area contributed by atoms with Crippen LogP contribution < -0.4 is 4.74 Å². The average Bonchev–Trinajstić information content (AvgIpc) is 2.92. The van der Waals surface area contributed by atoms with Crippen LogP contribution >= 0.6 is 0 Å². The summed E-state index contributed by atoms with van der Waals surface area (Å²) in [4.78, 5) is 11.6. The molecule has 0 amide bonds. The fraction of sp³-hybridized carbons (Fsp3) is 0.533. The molecule has 0 bridgehead atoms. The van der Waals surface area contributed by atoms with Crippen molar-refractivity contribution in [2.75, 3.05) is 20.3 Å². The van der Waals surface area contributed by atoms with Crippen LogP contribution in [-0.2, 0) is 20.7 Å². The summed E-state index contributed by atoms with van der Waals surface area (Å²) in [6.45, 7) is 2.72. The van der Waals surface area contributed by atoms with Gasteiger partial charge in [0.15, 0.2) is 11.6 Å². The van der Waals surface area contributed by atoms with E-state index < -0.39 is 11.8 Å². The van der Waals surface area contributed by atoms with Crippen LogP contribution in [-0.4, -0.2) is 26.3 Å². The van der Waals surface area contributed by atoms with Gasteiger partial charge >= 0.3 is 5.97 Å². The van der Waals surface area contributed by atoms with Crippen LogP contribution in [0.2, 0.25) is 0 Å². The molecule has 0 N–H and O–H groups in total. The first-order valence-electron chi connectivity index (χ1n) is 6.79. The largest absolute Gasteiger partial charge is 0.493 e. The number of ether oxygens (including phenoxy) is 3. The van der Waals surface area contributed by atoms with Crippen LogP contribution in [0.3, 0.4) is 0 Å². The Morgan fingerprint density at radius 2 is 2.30 bits per heavy atom. The zero-order chi connectivity index (χ0) is 14.5. The first-order valence-corrected chi connectivity index (χ1v) is 6.79. The standard InChI is InChI=1S/C15H19FO4/c1-3-19-14(17)9-11-7-10(13-5-4-6-20-13)8-12(16)15(11)18-2/h7-8,13H,3-6,9H2,1-2H3/t13-/m1/s1. The Balaban J connectivity index is 2.28. The third kappa shape index (κ3) is 3.28. The number of hydrogen-bond acceptors (Lipinski definition) is 4. The lowest BCUT2D eigenvalue weighted by Gasteiger charge is -2.15. The molecule has 4 nitrogen and oxygen atoms in total. The van der Waals surface area contributed by atoms with Gasteiger partial charge in [-0.1, -0.05) is 0 Å². The summed E-state index contributed by atoms with van der Waals surface area (Å²) in [7, 11) is 1.39.